The molecule has 5 heteroatoms. The summed E-state index contributed by atoms with van der Waals surface area (Å²) in [7, 11) is 0. The van der Waals surface area contributed by atoms with Gasteiger partial charge in [-0.15, -0.1) is 0 Å². The molecule has 0 aliphatic heterocycles. The predicted molar refractivity (Wildman–Crippen MR) is 83.5 cm³/mol. The third-order valence-corrected chi connectivity index (χ3v) is 3.38. The van der Waals surface area contributed by atoms with Gasteiger partial charge in [-0.05, 0) is 35.7 Å². The zero-order chi connectivity index (χ0) is 15.1. The van der Waals surface area contributed by atoms with Gasteiger partial charge in [-0.3, -0.25) is 0 Å². The minimum Gasteiger partial charge on any atom is -0.508 e. The zero-order valence-electron chi connectivity index (χ0n) is 11.5. The molecule has 0 saturated heterocycles. The highest BCUT2D eigenvalue weighted by molar-refractivity contribution is 6.31. The summed E-state index contributed by atoms with van der Waals surface area (Å²) >= 11 is 6.01. The topological polar surface area (TPSA) is 61.4 Å². The standard InChI is InChI=1S/C16H17ClN2O2/c17-15-7-2-1-5-13(15)11-19-16(21)18-9-8-12-4-3-6-14(20)10-12/h1-7,10,20H,8-9,11H2,(H2,18,19,21). The van der Waals surface area contributed by atoms with Crippen molar-refractivity contribution in [3.63, 3.8) is 0 Å². The second kappa shape index (κ2) is 7.55. The SMILES string of the molecule is O=C(NCCc1cccc(O)c1)NCc1ccccc1Cl. The summed E-state index contributed by atoms with van der Waals surface area (Å²) in [4.78, 5) is 11.7. The molecule has 0 atom stereocenters. The van der Waals surface area contributed by atoms with Crippen molar-refractivity contribution in [3.8, 4) is 5.75 Å². The van der Waals surface area contributed by atoms with Crippen molar-refractivity contribution in [3.05, 3.63) is 64.7 Å². The minimum absolute atomic E-state index is 0.232. The number of amides is 2. The number of hydrogen-bond donors (Lipinski definition) is 3. The Morgan fingerprint density at radius 2 is 1.90 bits per heavy atom. The fourth-order valence-electron chi connectivity index (χ4n) is 1.91. The van der Waals surface area contributed by atoms with Gasteiger partial charge in [-0.1, -0.05) is 41.9 Å². The van der Waals surface area contributed by atoms with E-state index in [1.54, 1.807) is 24.3 Å². The van der Waals surface area contributed by atoms with E-state index in [4.69, 9.17) is 11.6 Å². The highest BCUT2D eigenvalue weighted by Gasteiger charge is 2.03. The van der Waals surface area contributed by atoms with E-state index >= 15 is 0 Å². The number of hydrogen-bond acceptors (Lipinski definition) is 2. The molecule has 0 saturated carbocycles. The van der Waals surface area contributed by atoms with Crippen LogP contribution in [0.3, 0.4) is 0 Å². The maximum Gasteiger partial charge on any atom is 0.315 e. The lowest BCUT2D eigenvalue weighted by Gasteiger charge is -2.09. The molecular weight excluding hydrogens is 288 g/mol. The minimum atomic E-state index is -0.241. The van der Waals surface area contributed by atoms with Crippen molar-refractivity contribution in [1.82, 2.24) is 10.6 Å². The van der Waals surface area contributed by atoms with Crippen molar-refractivity contribution in [2.24, 2.45) is 0 Å². The maximum absolute atomic E-state index is 11.7. The molecule has 0 radical (unpaired) electrons. The monoisotopic (exact) mass is 304 g/mol. The summed E-state index contributed by atoms with van der Waals surface area (Å²) in [6.07, 6.45) is 0.661. The number of carbonyl (C=O) groups excluding carboxylic acids is 1. The molecule has 0 aromatic heterocycles. The molecule has 0 bridgehead atoms. The van der Waals surface area contributed by atoms with Crippen LogP contribution in [0.4, 0.5) is 4.79 Å². The van der Waals surface area contributed by atoms with Gasteiger partial charge in [0.25, 0.3) is 0 Å². The second-order valence-corrected chi connectivity index (χ2v) is 5.03. The van der Waals surface area contributed by atoms with Gasteiger partial charge >= 0.3 is 6.03 Å². The molecule has 3 N–H and O–H groups in total. The van der Waals surface area contributed by atoms with E-state index in [0.29, 0.717) is 24.5 Å². The number of aromatic hydroxyl groups is 1. The number of carbonyl (C=O) groups is 1. The van der Waals surface area contributed by atoms with Crippen LogP contribution < -0.4 is 10.6 Å². The first-order chi connectivity index (χ1) is 10.1. The van der Waals surface area contributed by atoms with Crippen LogP contribution in [0.15, 0.2) is 48.5 Å². The van der Waals surface area contributed by atoms with Gasteiger partial charge in [-0.25, -0.2) is 4.79 Å². The third kappa shape index (κ3) is 5.00. The number of nitrogens with one attached hydrogen (secondary N) is 2. The quantitative estimate of drug-likeness (QED) is 0.795. The third-order valence-electron chi connectivity index (χ3n) is 3.01. The summed E-state index contributed by atoms with van der Waals surface area (Å²) in [6, 6.07) is 14.1. The van der Waals surface area contributed by atoms with Crippen molar-refractivity contribution >= 4 is 17.6 Å². The maximum atomic E-state index is 11.7. The Bertz CT molecular complexity index is 617. The van der Waals surface area contributed by atoms with Crippen LogP contribution in [0.2, 0.25) is 5.02 Å². The number of rotatable bonds is 5. The van der Waals surface area contributed by atoms with Crippen molar-refractivity contribution in [1.29, 1.82) is 0 Å². The Balaban J connectivity index is 1.72. The van der Waals surface area contributed by atoms with E-state index in [1.165, 1.54) is 0 Å². The van der Waals surface area contributed by atoms with Gasteiger partial charge in [0.2, 0.25) is 0 Å². The van der Waals surface area contributed by atoms with E-state index in [1.807, 2.05) is 24.3 Å². The highest BCUT2D eigenvalue weighted by atomic mass is 35.5. The van der Waals surface area contributed by atoms with Gasteiger partial charge in [0.15, 0.2) is 0 Å². The smallest absolute Gasteiger partial charge is 0.315 e. The van der Waals surface area contributed by atoms with Crippen LogP contribution in [0.1, 0.15) is 11.1 Å². The van der Waals surface area contributed by atoms with Crippen LogP contribution in [-0.2, 0) is 13.0 Å². The van der Waals surface area contributed by atoms with Crippen molar-refractivity contribution in [2.75, 3.05) is 6.54 Å². The lowest BCUT2D eigenvalue weighted by Crippen LogP contribution is -2.36. The molecule has 2 amide bonds. The zero-order valence-corrected chi connectivity index (χ0v) is 12.2. The highest BCUT2D eigenvalue weighted by Crippen LogP contribution is 2.14. The Morgan fingerprint density at radius 1 is 1.10 bits per heavy atom. The first-order valence-corrected chi connectivity index (χ1v) is 7.06. The Morgan fingerprint density at radius 3 is 2.67 bits per heavy atom. The normalized spacial score (nSPS) is 10.1. The number of urea groups is 1. The van der Waals surface area contributed by atoms with E-state index in [-0.39, 0.29) is 11.8 Å². The van der Waals surface area contributed by atoms with Gasteiger partial charge in [0.05, 0.1) is 0 Å². The predicted octanol–water partition coefficient (Wildman–Crippen LogP) is 3.09. The van der Waals surface area contributed by atoms with Crippen LogP contribution in [0.25, 0.3) is 0 Å². The lowest BCUT2D eigenvalue weighted by molar-refractivity contribution is 0.240. The molecule has 2 rings (SSSR count). The van der Waals surface area contributed by atoms with Gasteiger partial charge < -0.3 is 15.7 Å². The first-order valence-electron chi connectivity index (χ1n) is 6.68. The largest absolute Gasteiger partial charge is 0.508 e. The molecule has 0 unspecified atom stereocenters. The van der Waals surface area contributed by atoms with Crippen LogP contribution in [0.5, 0.6) is 5.75 Å². The number of phenolic OH excluding ortho intramolecular Hbond substituents is 1. The van der Waals surface area contributed by atoms with E-state index < -0.39 is 0 Å². The van der Waals surface area contributed by atoms with Crippen molar-refractivity contribution in [2.45, 2.75) is 13.0 Å². The fraction of sp³-hybridized carbons (Fsp3) is 0.188. The molecule has 0 heterocycles. The molecule has 0 aliphatic rings. The lowest BCUT2D eigenvalue weighted by atomic mass is 10.1. The van der Waals surface area contributed by atoms with Gasteiger partial charge in [-0.2, -0.15) is 0 Å². The average Bonchev–Trinajstić information content (AvgIpc) is 2.46. The molecular formula is C16H17ClN2O2. The van der Waals surface area contributed by atoms with Gasteiger partial charge in [0, 0.05) is 18.1 Å². The molecule has 110 valence electrons. The molecule has 0 aliphatic carbocycles. The molecule has 4 nitrogen and oxygen atoms in total. The Kier molecular flexibility index (Phi) is 5.46. The fourth-order valence-corrected chi connectivity index (χ4v) is 2.11. The Hall–Kier alpha value is -2.20. The molecule has 2 aromatic rings. The van der Waals surface area contributed by atoms with Crippen LogP contribution >= 0.6 is 11.6 Å². The summed E-state index contributed by atoms with van der Waals surface area (Å²) in [5, 5.41) is 15.5. The molecule has 2 aromatic carbocycles. The molecule has 0 spiro atoms. The molecule has 21 heavy (non-hydrogen) atoms. The summed E-state index contributed by atoms with van der Waals surface area (Å²) < 4.78 is 0. The Labute approximate surface area is 128 Å². The average molecular weight is 305 g/mol. The van der Waals surface area contributed by atoms with Gasteiger partial charge in [0.1, 0.15) is 5.75 Å². The number of phenols is 1. The summed E-state index contributed by atoms with van der Waals surface area (Å²) in [5.41, 5.74) is 1.85. The number of benzene rings is 2. The molecule has 0 fully saturated rings. The number of halogens is 1. The van der Waals surface area contributed by atoms with Crippen LogP contribution in [-0.4, -0.2) is 17.7 Å². The summed E-state index contributed by atoms with van der Waals surface area (Å²) in [5.74, 6) is 0.232. The summed E-state index contributed by atoms with van der Waals surface area (Å²) in [6.45, 7) is 0.884. The van der Waals surface area contributed by atoms with Crippen LogP contribution in [0, 0.1) is 0 Å². The van der Waals surface area contributed by atoms with E-state index in [9.17, 15) is 9.90 Å². The van der Waals surface area contributed by atoms with E-state index in [2.05, 4.69) is 10.6 Å². The second-order valence-electron chi connectivity index (χ2n) is 4.62. The first kappa shape index (κ1) is 15.2. The van der Waals surface area contributed by atoms with E-state index in [0.717, 1.165) is 11.1 Å². The van der Waals surface area contributed by atoms with Crippen molar-refractivity contribution < 1.29 is 9.90 Å².